The lowest BCUT2D eigenvalue weighted by atomic mass is 10.2. The molecule has 0 aliphatic carbocycles. The zero-order valence-electron chi connectivity index (χ0n) is 10.4. The molecule has 0 saturated heterocycles. The van der Waals surface area contributed by atoms with Crippen LogP contribution in [-0.4, -0.2) is 37.6 Å². The van der Waals surface area contributed by atoms with E-state index in [2.05, 4.69) is 0 Å². The molecule has 0 aliphatic heterocycles. The molecule has 0 saturated carbocycles. The van der Waals surface area contributed by atoms with Gasteiger partial charge in [-0.3, -0.25) is 4.79 Å². The Bertz CT molecular complexity index is 390. The van der Waals surface area contributed by atoms with Gasteiger partial charge in [0.1, 0.15) is 11.9 Å². The second kappa shape index (κ2) is 8.02. The molecule has 2 N–H and O–H groups in total. The molecule has 1 amide bonds. The van der Waals surface area contributed by atoms with Crippen LogP contribution in [0.3, 0.4) is 0 Å². The van der Waals surface area contributed by atoms with E-state index in [1.165, 1.54) is 18.1 Å². The van der Waals surface area contributed by atoms with Gasteiger partial charge in [-0.05, 0) is 6.07 Å². The van der Waals surface area contributed by atoms with Gasteiger partial charge in [0, 0.05) is 26.3 Å². The fourth-order valence-electron chi connectivity index (χ4n) is 1.49. The number of hydrogen-bond acceptors (Lipinski definition) is 3. The molecule has 0 spiro atoms. The summed E-state index contributed by atoms with van der Waals surface area (Å²) < 4.78 is 18.2. The third-order valence-corrected chi connectivity index (χ3v) is 2.40. The predicted octanol–water partition coefficient (Wildman–Crippen LogP) is 1.18. The number of carbonyl (C=O) groups is 1. The fraction of sp³-hybridized carbons (Fsp3) is 0.417. The van der Waals surface area contributed by atoms with Crippen molar-refractivity contribution in [2.45, 2.75) is 12.6 Å². The Morgan fingerprint density at radius 3 is 2.67 bits per heavy atom. The van der Waals surface area contributed by atoms with E-state index in [0.717, 1.165) is 0 Å². The quantitative estimate of drug-likeness (QED) is 0.879. The summed E-state index contributed by atoms with van der Waals surface area (Å²) in [7, 11) is 3.06. The van der Waals surface area contributed by atoms with Crippen LogP contribution in [0.4, 0.5) is 4.39 Å². The average molecular weight is 277 g/mol. The van der Waals surface area contributed by atoms with Gasteiger partial charge in [0.15, 0.2) is 0 Å². The third kappa shape index (κ3) is 4.60. The number of amides is 1. The Kier molecular flexibility index (Phi) is 7.50. The molecule has 1 rings (SSSR count). The van der Waals surface area contributed by atoms with E-state index < -0.39 is 6.04 Å². The van der Waals surface area contributed by atoms with E-state index in [9.17, 15) is 9.18 Å². The standard InChI is InChI=1S/C12H17FN2O2.ClH/c1-15(12(16)11(14)8-17-2)7-9-5-3-4-6-10(9)13;/h3-6,11H,7-8,14H2,1-2H3;1H. The Morgan fingerprint density at radius 2 is 2.11 bits per heavy atom. The van der Waals surface area contributed by atoms with Crippen molar-refractivity contribution in [2.75, 3.05) is 20.8 Å². The van der Waals surface area contributed by atoms with Gasteiger partial charge in [0.25, 0.3) is 0 Å². The molecule has 1 unspecified atom stereocenters. The van der Waals surface area contributed by atoms with E-state index in [0.29, 0.717) is 5.56 Å². The van der Waals surface area contributed by atoms with Gasteiger partial charge >= 0.3 is 0 Å². The van der Waals surface area contributed by atoms with Gasteiger partial charge in [0.05, 0.1) is 6.61 Å². The predicted molar refractivity (Wildman–Crippen MR) is 70.0 cm³/mol. The minimum Gasteiger partial charge on any atom is -0.383 e. The van der Waals surface area contributed by atoms with Crippen molar-refractivity contribution in [3.05, 3.63) is 35.6 Å². The van der Waals surface area contributed by atoms with Gasteiger partial charge < -0.3 is 15.4 Å². The molecule has 0 aromatic heterocycles. The van der Waals surface area contributed by atoms with Crippen molar-refractivity contribution in [2.24, 2.45) is 5.73 Å². The monoisotopic (exact) mass is 276 g/mol. The van der Waals surface area contributed by atoms with Crippen LogP contribution in [-0.2, 0) is 16.1 Å². The average Bonchev–Trinajstić information content (AvgIpc) is 2.31. The summed E-state index contributed by atoms with van der Waals surface area (Å²) >= 11 is 0. The Morgan fingerprint density at radius 1 is 1.50 bits per heavy atom. The maximum atomic E-state index is 13.4. The number of carbonyl (C=O) groups excluding carboxylic acids is 1. The molecule has 4 nitrogen and oxygen atoms in total. The second-order valence-electron chi connectivity index (χ2n) is 3.85. The molecule has 18 heavy (non-hydrogen) atoms. The summed E-state index contributed by atoms with van der Waals surface area (Å²) in [5.41, 5.74) is 6.08. The van der Waals surface area contributed by atoms with E-state index in [4.69, 9.17) is 10.5 Å². The number of rotatable bonds is 5. The number of nitrogens with two attached hydrogens (primary N) is 1. The first-order chi connectivity index (χ1) is 8.06. The number of hydrogen-bond donors (Lipinski definition) is 1. The van der Waals surface area contributed by atoms with E-state index >= 15 is 0 Å². The first-order valence-corrected chi connectivity index (χ1v) is 5.29. The number of halogens is 2. The van der Waals surface area contributed by atoms with E-state index in [1.54, 1.807) is 25.2 Å². The van der Waals surface area contributed by atoms with Crippen LogP contribution in [0.15, 0.2) is 24.3 Å². The van der Waals surface area contributed by atoms with Crippen LogP contribution in [0.2, 0.25) is 0 Å². The Balaban J connectivity index is 0.00000289. The highest BCUT2D eigenvalue weighted by Crippen LogP contribution is 2.09. The number of nitrogens with zero attached hydrogens (tertiary/aromatic N) is 1. The Hall–Kier alpha value is -1.17. The van der Waals surface area contributed by atoms with Gasteiger partial charge in [-0.15, -0.1) is 12.4 Å². The summed E-state index contributed by atoms with van der Waals surface area (Å²) in [6.45, 7) is 0.351. The molecule has 0 radical (unpaired) electrons. The summed E-state index contributed by atoms with van der Waals surface area (Å²) in [5, 5.41) is 0. The summed E-state index contributed by atoms with van der Waals surface area (Å²) in [6, 6.07) is 5.63. The fourth-order valence-corrected chi connectivity index (χ4v) is 1.49. The van der Waals surface area contributed by atoms with Crippen molar-refractivity contribution in [3.8, 4) is 0 Å². The van der Waals surface area contributed by atoms with Gasteiger partial charge in [-0.2, -0.15) is 0 Å². The van der Waals surface area contributed by atoms with Crippen LogP contribution in [0.5, 0.6) is 0 Å². The van der Waals surface area contributed by atoms with Crippen molar-refractivity contribution < 1.29 is 13.9 Å². The highest BCUT2D eigenvalue weighted by atomic mass is 35.5. The lowest BCUT2D eigenvalue weighted by Crippen LogP contribution is -2.44. The molecule has 0 bridgehead atoms. The molecule has 1 aromatic carbocycles. The van der Waals surface area contributed by atoms with Crippen LogP contribution in [0.25, 0.3) is 0 Å². The SMILES string of the molecule is COCC(N)C(=O)N(C)Cc1ccccc1F.Cl. The van der Waals surface area contributed by atoms with Gasteiger partial charge in [0.2, 0.25) is 5.91 Å². The number of methoxy groups -OCH3 is 1. The van der Waals surface area contributed by atoms with Crippen LogP contribution >= 0.6 is 12.4 Å². The topological polar surface area (TPSA) is 55.6 Å². The van der Waals surface area contributed by atoms with Crippen LogP contribution in [0, 0.1) is 5.82 Å². The molecule has 0 aliphatic rings. The molecular weight excluding hydrogens is 259 g/mol. The maximum absolute atomic E-state index is 13.4. The molecule has 0 fully saturated rings. The normalized spacial score (nSPS) is 11.6. The van der Waals surface area contributed by atoms with Crippen molar-refractivity contribution in [1.29, 1.82) is 0 Å². The largest absolute Gasteiger partial charge is 0.383 e. The van der Waals surface area contributed by atoms with E-state index in [-0.39, 0.29) is 37.3 Å². The first-order valence-electron chi connectivity index (χ1n) is 5.29. The van der Waals surface area contributed by atoms with Gasteiger partial charge in [-0.1, -0.05) is 18.2 Å². The lowest BCUT2D eigenvalue weighted by Gasteiger charge is -2.21. The second-order valence-corrected chi connectivity index (χ2v) is 3.85. The summed E-state index contributed by atoms with van der Waals surface area (Å²) in [4.78, 5) is 13.1. The molecule has 6 heteroatoms. The minimum absolute atomic E-state index is 0. The van der Waals surface area contributed by atoms with Gasteiger partial charge in [-0.25, -0.2) is 4.39 Å². The van der Waals surface area contributed by atoms with E-state index in [1.807, 2.05) is 0 Å². The molecular formula is C12H18ClFN2O2. The van der Waals surface area contributed by atoms with Crippen molar-refractivity contribution >= 4 is 18.3 Å². The van der Waals surface area contributed by atoms with Crippen LogP contribution < -0.4 is 5.73 Å². The van der Waals surface area contributed by atoms with Crippen LogP contribution in [0.1, 0.15) is 5.56 Å². The highest BCUT2D eigenvalue weighted by Gasteiger charge is 2.18. The van der Waals surface area contributed by atoms with Crippen molar-refractivity contribution in [1.82, 2.24) is 4.90 Å². The third-order valence-electron chi connectivity index (χ3n) is 2.40. The minimum atomic E-state index is -0.711. The maximum Gasteiger partial charge on any atom is 0.241 e. The van der Waals surface area contributed by atoms with Crippen molar-refractivity contribution in [3.63, 3.8) is 0 Å². The first kappa shape index (κ1) is 16.8. The molecule has 1 aromatic rings. The zero-order valence-corrected chi connectivity index (χ0v) is 11.2. The smallest absolute Gasteiger partial charge is 0.241 e. The number of ether oxygens (including phenoxy) is 1. The highest BCUT2D eigenvalue weighted by molar-refractivity contribution is 5.85. The molecule has 102 valence electrons. The Labute approximate surface area is 112 Å². The number of benzene rings is 1. The lowest BCUT2D eigenvalue weighted by molar-refractivity contribution is -0.133. The molecule has 1 atom stereocenters. The summed E-state index contributed by atoms with van der Waals surface area (Å²) in [6.07, 6.45) is 0. The zero-order chi connectivity index (χ0) is 12.8. The number of likely N-dealkylation sites (N-methyl/N-ethyl adjacent to an activating group) is 1. The molecule has 0 heterocycles. The summed E-state index contributed by atoms with van der Waals surface area (Å²) in [5.74, 6) is -0.595.